The summed E-state index contributed by atoms with van der Waals surface area (Å²) in [5.74, 6) is -1.33. The molecular weight excluding hydrogens is 524 g/mol. The van der Waals surface area contributed by atoms with Crippen molar-refractivity contribution < 1.29 is 23.9 Å². The predicted octanol–water partition coefficient (Wildman–Crippen LogP) is 4.58. The van der Waals surface area contributed by atoms with Crippen LogP contribution in [0.3, 0.4) is 0 Å². The van der Waals surface area contributed by atoms with Crippen molar-refractivity contribution in [2.24, 2.45) is 11.8 Å². The van der Waals surface area contributed by atoms with E-state index in [1.807, 2.05) is 41.4 Å². The van der Waals surface area contributed by atoms with E-state index in [4.69, 9.17) is 9.47 Å². The van der Waals surface area contributed by atoms with Gasteiger partial charge in [-0.25, -0.2) is 4.90 Å². The summed E-state index contributed by atoms with van der Waals surface area (Å²) < 4.78 is 11.7. The number of carbonyl (C=O) groups is 3. The molecule has 3 aromatic rings. The van der Waals surface area contributed by atoms with Gasteiger partial charge in [-0.05, 0) is 41.5 Å². The number of benzene rings is 3. The topological polar surface area (TPSA) is 76.1 Å². The van der Waals surface area contributed by atoms with Gasteiger partial charge in [0.15, 0.2) is 17.3 Å². The number of Topliss-reactive ketones (excluding diaryl/α,β-unsaturated/α-hetero) is 1. The van der Waals surface area contributed by atoms with Crippen molar-refractivity contribution in [3.63, 3.8) is 0 Å². The molecule has 0 radical (unpaired) electrons. The Morgan fingerprint density at radius 2 is 1.64 bits per heavy atom. The Balaban J connectivity index is 1.36. The second-order valence-corrected chi connectivity index (χ2v) is 10.2. The summed E-state index contributed by atoms with van der Waals surface area (Å²) in [6.45, 7) is 0.0931. The molecule has 7 nitrogen and oxygen atoms in total. The SMILES string of the molecule is O=C(c1ccc(Br)cc1)[C@@H]1[C@@H]2C(=O)N(c3ccc4c(c3)OCO4)C(=O)[C@@H]2[C@@H]2c3ccccc3C=CN12. The van der Waals surface area contributed by atoms with Gasteiger partial charge in [-0.3, -0.25) is 14.4 Å². The van der Waals surface area contributed by atoms with Crippen LogP contribution in [-0.4, -0.2) is 35.3 Å². The Morgan fingerprint density at radius 3 is 2.47 bits per heavy atom. The number of hydrogen-bond donors (Lipinski definition) is 0. The Labute approximate surface area is 215 Å². The van der Waals surface area contributed by atoms with Crippen LogP contribution < -0.4 is 14.4 Å². The number of ketones is 1. The molecule has 0 unspecified atom stereocenters. The lowest BCUT2D eigenvalue weighted by molar-refractivity contribution is -0.123. The standard InChI is InChI=1S/C28H19BrN2O5/c29-17-7-5-16(6-8-17)26(32)25-23-22(24-19-4-2-1-3-15(19)11-12-30(24)25)27(33)31(28(23)34)18-9-10-20-21(13-18)36-14-35-20/h1-13,22-25H,14H2/t22-,23+,24-,25-/m0/s1. The van der Waals surface area contributed by atoms with E-state index in [0.717, 1.165) is 15.6 Å². The number of rotatable bonds is 3. The number of nitrogens with zero attached hydrogens (tertiary/aromatic N) is 2. The molecule has 0 N–H and O–H groups in total. The second kappa shape index (κ2) is 7.80. The Bertz CT molecular complexity index is 1480. The zero-order valence-corrected chi connectivity index (χ0v) is 20.4. The van der Waals surface area contributed by atoms with Gasteiger partial charge in [0, 0.05) is 22.3 Å². The molecule has 36 heavy (non-hydrogen) atoms. The van der Waals surface area contributed by atoms with Gasteiger partial charge in [-0.15, -0.1) is 0 Å². The van der Waals surface area contributed by atoms with Gasteiger partial charge in [-0.2, -0.15) is 0 Å². The number of hydrogen-bond acceptors (Lipinski definition) is 6. The average Bonchev–Trinajstić information content (AvgIpc) is 3.57. The first-order valence-electron chi connectivity index (χ1n) is 11.6. The number of anilines is 1. The van der Waals surface area contributed by atoms with Crippen LogP contribution in [-0.2, 0) is 9.59 Å². The lowest BCUT2D eigenvalue weighted by Gasteiger charge is -2.35. The molecule has 3 aromatic carbocycles. The van der Waals surface area contributed by atoms with Crippen molar-refractivity contribution in [3.8, 4) is 11.5 Å². The van der Waals surface area contributed by atoms with Crippen molar-refractivity contribution in [1.82, 2.24) is 4.90 Å². The Hall–Kier alpha value is -3.91. The van der Waals surface area contributed by atoms with E-state index in [2.05, 4.69) is 15.9 Å². The van der Waals surface area contributed by atoms with Crippen LogP contribution in [0.15, 0.2) is 77.4 Å². The van der Waals surface area contributed by atoms with E-state index in [-0.39, 0.29) is 24.4 Å². The summed E-state index contributed by atoms with van der Waals surface area (Å²) in [6.07, 6.45) is 3.80. The maximum Gasteiger partial charge on any atom is 0.240 e. The van der Waals surface area contributed by atoms with Crippen molar-refractivity contribution in [1.29, 1.82) is 0 Å². The van der Waals surface area contributed by atoms with Crippen LogP contribution in [0.5, 0.6) is 11.5 Å². The van der Waals surface area contributed by atoms with Gasteiger partial charge in [0.1, 0.15) is 6.04 Å². The molecule has 2 saturated heterocycles. The van der Waals surface area contributed by atoms with Crippen molar-refractivity contribution in [3.05, 3.63) is 94.1 Å². The van der Waals surface area contributed by atoms with Gasteiger partial charge in [-0.1, -0.05) is 52.3 Å². The van der Waals surface area contributed by atoms with E-state index in [0.29, 0.717) is 22.7 Å². The molecule has 2 fully saturated rings. The first kappa shape index (κ1) is 21.4. The lowest BCUT2D eigenvalue weighted by atomic mass is 9.83. The van der Waals surface area contributed by atoms with E-state index in [9.17, 15) is 14.4 Å². The van der Waals surface area contributed by atoms with Crippen LogP contribution >= 0.6 is 15.9 Å². The van der Waals surface area contributed by atoms with E-state index in [1.54, 1.807) is 42.5 Å². The third-order valence-corrected chi connectivity index (χ3v) is 8.00. The maximum absolute atomic E-state index is 14.0. The molecule has 4 aliphatic rings. The number of amides is 2. The average molecular weight is 543 g/mol. The minimum atomic E-state index is -0.820. The fourth-order valence-corrected chi connectivity index (χ4v) is 6.19. The van der Waals surface area contributed by atoms with Crippen LogP contribution in [0.2, 0.25) is 0 Å². The molecule has 8 heteroatoms. The maximum atomic E-state index is 14.0. The normalized spacial score (nSPS) is 25.1. The molecule has 0 saturated carbocycles. The molecule has 2 amide bonds. The van der Waals surface area contributed by atoms with Crippen LogP contribution in [0, 0.1) is 11.8 Å². The van der Waals surface area contributed by atoms with Crippen LogP contribution in [0.4, 0.5) is 5.69 Å². The summed E-state index contributed by atoms with van der Waals surface area (Å²) in [4.78, 5) is 45.0. The minimum absolute atomic E-state index is 0.0931. The summed E-state index contributed by atoms with van der Waals surface area (Å²) in [5.41, 5.74) is 2.84. The first-order chi connectivity index (χ1) is 17.5. The monoisotopic (exact) mass is 542 g/mol. The number of imide groups is 1. The fourth-order valence-electron chi connectivity index (χ4n) is 5.92. The number of carbonyl (C=O) groups excluding carboxylic acids is 3. The molecule has 0 bridgehead atoms. The smallest absolute Gasteiger partial charge is 0.240 e. The van der Waals surface area contributed by atoms with E-state index < -0.39 is 23.9 Å². The number of halogens is 1. The summed E-state index contributed by atoms with van der Waals surface area (Å²) in [5, 5.41) is 0. The largest absolute Gasteiger partial charge is 0.454 e. The van der Waals surface area contributed by atoms with Gasteiger partial charge < -0.3 is 14.4 Å². The highest BCUT2D eigenvalue weighted by atomic mass is 79.9. The lowest BCUT2D eigenvalue weighted by Crippen LogP contribution is -2.44. The molecule has 0 aromatic heterocycles. The highest BCUT2D eigenvalue weighted by Gasteiger charge is 2.64. The zero-order chi connectivity index (χ0) is 24.6. The minimum Gasteiger partial charge on any atom is -0.454 e. The first-order valence-corrected chi connectivity index (χ1v) is 12.4. The highest BCUT2D eigenvalue weighted by molar-refractivity contribution is 9.10. The molecule has 4 aliphatic heterocycles. The Morgan fingerprint density at radius 1 is 0.889 bits per heavy atom. The molecule has 4 heterocycles. The fraction of sp³-hybridized carbons (Fsp3) is 0.179. The third kappa shape index (κ3) is 2.94. The Kier molecular flexibility index (Phi) is 4.63. The van der Waals surface area contributed by atoms with Gasteiger partial charge in [0.05, 0.1) is 23.6 Å². The summed E-state index contributed by atoms with van der Waals surface area (Å²) >= 11 is 3.41. The van der Waals surface area contributed by atoms with Crippen molar-refractivity contribution in [2.75, 3.05) is 11.7 Å². The van der Waals surface area contributed by atoms with Gasteiger partial charge >= 0.3 is 0 Å². The van der Waals surface area contributed by atoms with Crippen molar-refractivity contribution >= 4 is 45.3 Å². The zero-order valence-electron chi connectivity index (χ0n) is 18.8. The third-order valence-electron chi connectivity index (χ3n) is 7.47. The molecule has 0 aliphatic carbocycles. The highest BCUT2D eigenvalue weighted by Crippen LogP contribution is 2.54. The van der Waals surface area contributed by atoms with Gasteiger partial charge in [0.2, 0.25) is 18.6 Å². The molecular formula is C28H19BrN2O5. The predicted molar refractivity (Wildman–Crippen MR) is 134 cm³/mol. The van der Waals surface area contributed by atoms with E-state index >= 15 is 0 Å². The molecule has 7 rings (SSSR count). The quantitative estimate of drug-likeness (QED) is 0.356. The molecule has 4 atom stereocenters. The van der Waals surface area contributed by atoms with Gasteiger partial charge in [0.25, 0.3) is 0 Å². The molecule has 0 spiro atoms. The van der Waals surface area contributed by atoms with Crippen LogP contribution in [0.25, 0.3) is 6.08 Å². The number of fused-ring (bicyclic) bond motifs is 6. The summed E-state index contributed by atoms with van der Waals surface area (Å²) in [6, 6.07) is 18.7. The molecule has 178 valence electrons. The number of ether oxygens (including phenoxy) is 2. The van der Waals surface area contributed by atoms with E-state index in [1.165, 1.54) is 4.90 Å². The second-order valence-electron chi connectivity index (χ2n) is 9.25. The van der Waals surface area contributed by atoms with Crippen LogP contribution in [0.1, 0.15) is 27.5 Å². The van der Waals surface area contributed by atoms with Crippen molar-refractivity contribution in [2.45, 2.75) is 12.1 Å². The summed E-state index contributed by atoms with van der Waals surface area (Å²) in [7, 11) is 0.